The molecule has 5 nitrogen and oxygen atoms in total. The highest BCUT2D eigenvalue weighted by Crippen LogP contribution is 2.24. The van der Waals surface area contributed by atoms with Crippen LogP contribution in [-0.2, 0) is 11.3 Å². The third-order valence-corrected chi connectivity index (χ3v) is 5.17. The van der Waals surface area contributed by atoms with Crippen LogP contribution in [0.15, 0.2) is 66.3 Å². The largest absolute Gasteiger partial charge is 0.349 e. The van der Waals surface area contributed by atoms with E-state index in [2.05, 4.69) is 22.1 Å². The summed E-state index contributed by atoms with van der Waals surface area (Å²) in [6.45, 7) is 5.91. The maximum Gasteiger partial charge on any atom is 0.230 e. The first-order valence-corrected chi connectivity index (χ1v) is 9.94. The Labute approximate surface area is 171 Å². The van der Waals surface area contributed by atoms with Crippen molar-refractivity contribution in [3.05, 3.63) is 78.4 Å². The standard InChI is InChI=1S/C21H20F2N4OS/c1-3-11-27-20(15-7-5-4-6-8-15)25-26-21(27)29-13-19(28)24-14(2)17-10-9-16(22)12-18(17)23/h3-10,12,14H,1,11,13H2,2H3,(H,24,28)/t14-/m1/s1. The molecule has 0 saturated carbocycles. The van der Waals surface area contributed by atoms with Crippen molar-refractivity contribution in [3.8, 4) is 11.4 Å². The number of hydrogen-bond donors (Lipinski definition) is 1. The minimum Gasteiger partial charge on any atom is -0.349 e. The number of hydrogen-bond acceptors (Lipinski definition) is 4. The van der Waals surface area contributed by atoms with Crippen molar-refractivity contribution in [2.45, 2.75) is 24.7 Å². The predicted molar refractivity (Wildman–Crippen MR) is 109 cm³/mol. The SMILES string of the molecule is C=CCn1c(SCC(=O)N[C@H](C)c2ccc(F)cc2F)nnc1-c1ccccc1. The van der Waals surface area contributed by atoms with Gasteiger partial charge in [0.2, 0.25) is 5.91 Å². The fourth-order valence-electron chi connectivity index (χ4n) is 2.83. The predicted octanol–water partition coefficient (Wildman–Crippen LogP) is 4.38. The second-order valence-corrected chi connectivity index (χ2v) is 7.26. The number of aromatic nitrogens is 3. The fourth-order valence-corrected chi connectivity index (χ4v) is 3.59. The van der Waals surface area contributed by atoms with Crippen LogP contribution in [0.4, 0.5) is 8.78 Å². The molecule has 0 fully saturated rings. The van der Waals surface area contributed by atoms with Crippen molar-refractivity contribution in [2.24, 2.45) is 0 Å². The van der Waals surface area contributed by atoms with E-state index >= 15 is 0 Å². The minimum atomic E-state index is -0.691. The van der Waals surface area contributed by atoms with Crippen molar-refractivity contribution in [2.75, 3.05) is 5.75 Å². The average molecular weight is 414 g/mol. The Balaban J connectivity index is 1.67. The Kier molecular flexibility index (Phi) is 6.77. The zero-order valence-corrected chi connectivity index (χ0v) is 16.6. The van der Waals surface area contributed by atoms with Gasteiger partial charge in [-0.1, -0.05) is 54.2 Å². The van der Waals surface area contributed by atoms with E-state index < -0.39 is 17.7 Å². The molecule has 0 aliphatic heterocycles. The smallest absolute Gasteiger partial charge is 0.230 e. The molecule has 0 spiro atoms. The van der Waals surface area contributed by atoms with Gasteiger partial charge < -0.3 is 5.32 Å². The molecule has 0 unspecified atom stereocenters. The molecule has 1 atom stereocenters. The van der Waals surface area contributed by atoms with E-state index in [0.29, 0.717) is 17.5 Å². The number of thioether (sulfide) groups is 1. The molecule has 1 N–H and O–H groups in total. The number of nitrogens with one attached hydrogen (secondary N) is 1. The number of rotatable bonds is 8. The average Bonchev–Trinajstić information content (AvgIpc) is 3.10. The summed E-state index contributed by atoms with van der Waals surface area (Å²) in [5.74, 6) is -0.868. The summed E-state index contributed by atoms with van der Waals surface area (Å²) in [6, 6.07) is 12.3. The lowest BCUT2D eigenvalue weighted by atomic mass is 10.1. The van der Waals surface area contributed by atoms with Crippen molar-refractivity contribution < 1.29 is 13.6 Å². The Hall–Kier alpha value is -3.00. The van der Waals surface area contributed by atoms with Gasteiger partial charge in [0.15, 0.2) is 11.0 Å². The van der Waals surface area contributed by atoms with E-state index in [9.17, 15) is 13.6 Å². The van der Waals surface area contributed by atoms with E-state index in [1.165, 1.54) is 23.9 Å². The van der Waals surface area contributed by atoms with E-state index in [1.54, 1.807) is 13.0 Å². The van der Waals surface area contributed by atoms with Gasteiger partial charge in [0.25, 0.3) is 0 Å². The monoisotopic (exact) mass is 414 g/mol. The fraction of sp³-hybridized carbons (Fsp3) is 0.190. The zero-order valence-electron chi connectivity index (χ0n) is 15.8. The molecule has 0 aliphatic carbocycles. The highest BCUT2D eigenvalue weighted by atomic mass is 32.2. The van der Waals surface area contributed by atoms with Gasteiger partial charge in [-0.3, -0.25) is 9.36 Å². The Morgan fingerprint density at radius 1 is 1.24 bits per heavy atom. The molecule has 3 rings (SSSR count). The molecular weight excluding hydrogens is 394 g/mol. The summed E-state index contributed by atoms with van der Waals surface area (Å²) in [5.41, 5.74) is 1.14. The van der Waals surface area contributed by atoms with Gasteiger partial charge >= 0.3 is 0 Å². The number of nitrogens with zero attached hydrogens (tertiary/aromatic N) is 3. The molecule has 29 heavy (non-hydrogen) atoms. The maximum absolute atomic E-state index is 13.9. The Bertz CT molecular complexity index is 1010. The lowest BCUT2D eigenvalue weighted by Crippen LogP contribution is -2.28. The number of amides is 1. The topological polar surface area (TPSA) is 59.8 Å². The third kappa shape index (κ3) is 5.08. The molecule has 8 heteroatoms. The van der Waals surface area contributed by atoms with E-state index in [1.807, 2.05) is 34.9 Å². The van der Waals surface area contributed by atoms with Gasteiger partial charge in [-0.05, 0) is 13.0 Å². The molecular formula is C21H20F2N4OS. The van der Waals surface area contributed by atoms with Gasteiger partial charge in [-0.2, -0.15) is 0 Å². The summed E-state index contributed by atoms with van der Waals surface area (Å²) >= 11 is 1.23. The van der Waals surface area contributed by atoms with Gasteiger partial charge in [0.05, 0.1) is 11.8 Å². The summed E-state index contributed by atoms with van der Waals surface area (Å²) in [4.78, 5) is 12.3. The van der Waals surface area contributed by atoms with E-state index in [4.69, 9.17) is 0 Å². The molecule has 0 aliphatic rings. The lowest BCUT2D eigenvalue weighted by Gasteiger charge is -2.15. The quantitative estimate of drug-likeness (QED) is 0.439. The van der Waals surface area contributed by atoms with Gasteiger partial charge in [0, 0.05) is 23.7 Å². The molecule has 2 aromatic carbocycles. The number of benzene rings is 2. The summed E-state index contributed by atoms with van der Waals surface area (Å²) < 4.78 is 28.8. The number of carbonyl (C=O) groups is 1. The van der Waals surface area contributed by atoms with Crippen LogP contribution in [0.1, 0.15) is 18.5 Å². The van der Waals surface area contributed by atoms with Crippen molar-refractivity contribution in [3.63, 3.8) is 0 Å². The third-order valence-electron chi connectivity index (χ3n) is 4.20. The summed E-state index contributed by atoms with van der Waals surface area (Å²) in [7, 11) is 0. The number of halogens is 2. The number of carbonyl (C=O) groups excluding carboxylic acids is 1. The second kappa shape index (κ2) is 9.47. The molecule has 1 aromatic heterocycles. The normalized spacial score (nSPS) is 11.8. The summed E-state index contributed by atoms with van der Waals surface area (Å²) in [5, 5.41) is 11.7. The lowest BCUT2D eigenvalue weighted by molar-refractivity contribution is -0.119. The van der Waals surface area contributed by atoms with Crippen LogP contribution in [0.25, 0.3) is 11.4 Å². The maximum atomic E-state index is 13.9. The van der Waals surface area contributed by atoms with Crippen LogP contribution in [0.5, 0.6) is 0 Å². The van der Waals surface area contributed by atoms with Crippen LogP contribution >= 0.6 is 11.8 Å². The Morgan fingerprint density at radius 3 is 2.69 bits per heavy atom. The molecule has 0 bridgehead atoms. The van der Waals surface area contributed by atoms with E-state index in [0.717, 1.165) is 11.6 Å². The highest BCUT2D eigenvalue weighted by Gasteiger charge is 2.17. The van der Waals surface area contributed by atoms with E-state index in [-0.39, 0.29) is 17.2 Å². The van der Waals surface area contributed by atoms with Crippen molar-refractivity contribution in [1.82, 2.24) is 20.1 Å². The van der Waals surface area contributed by atoms with Crippen molar-refractivity contribution >= 4 is 17.7 Å². The van der Waals surface area contributed by atoms with Gasteiger partial charge in [0.1, 0.15) is 11.6 Å². The van der Waals surface area contributed by atoms with Gasteiger partial charge in [-0.15, -0.1) is 16.8 Å². The van der Waals surface area contributed by atoms with Gasteiger partial charge in [-0.25, -0.2) is 8.78 Å². The van der Waals surface area contributed by atoms with Crippen LogP contribution in [0, 0.1) is 11.6 Å². The Morgan fingerprint density at radius 2 is 2.00 bits per heavy atom. The first-order chi connectivity index (χ1) is 14.0. The highest BCUT2D eigenvalue weighted by molar-refractivity contribution is 7.99. The van der Waals surface area contributed by atoms with Crippen LogP contribution in [-0.4, -0.2) is 26.4 Å². The first kappa shape index (κ1) is 20.7. The first-order valence-electron chi connectivity index (χ1n) is 8.96. The second-order valence-electron chi connectivity index (χ2n) is 6.32. The van der Waals surface area contributed by atoms with Crippen LogP contribution in [0.2, 0.25) is 0 Å². The molecule has 1 heterocycles. The van der Waals surface area contributed by atoms with Crippen LogP contribution in [0.3, 0.4) is 0 Å². The molecule has 1 amide bonds. The molecule has 150 valence electrons. The summed E-state index contributed by atoms with van der Waals surface area (Å²) in [6.07, 6.45) is 1.74. The van der Waals surface area contributed by atoms with Crippen LogP contribution < -0.4 is 5.32 Å². The molecule has 0 saturated heterocycles. The minimum absolute atomic E-state index is 0.0806. The van der Waals surface area contributed by atoms with Crippen molar-refractivity contribution in [1.29, 1.82) is 0 Å². The number of allylic oxidation sites excluding steroid dienone is 1. The zero-order chi connectivity index (χ0) is 20.8. The molecule has 3 aromatic rings. The molecule has 0 radical (unpaired) electrons.